The van der Waals surface area contributed by atoms with Gasteiger partial charge in [0.1, 0.15) is 11.5 Å². The Kier molecular flexibility index (Phi) is 4.60. The van der Waals surface area contributed by atoms with Gasteiger partial charge in [-0.3, -0.25) is 14.5 Å². The molecule has 1 atom stereocenters. The number of anilines is 1. The molecular weight excluding hydrogens is 424 g/mol. The van der Waals surface area contributed by atoms with Crippen molar-refractivity contribution in [2.45, 2.75) is 13.0 Å². The molecule has 2 aromatic carbocycles. The summed E-state index contributed by atoms with van der Waals surface area (Å²) < 4.78 is 5.96. The molecule has 7 heteroatoms. The maximum Gasteiger partial charge on any atom is 0.301 e. The zero-order valence-corrected chi connectivity index (χ0v) is 16.4. The highest BCUT2D eigenvalue weighted by atomic mass is 79.9. The Morgan fingerprint density at radius 2 is 1.79 bits per heavy atom. The van der Waals surface area contributed by atoms with Crippen LogP contribution in [0.2, 0.25) is 0 Å². The van der Waals surface area contributed by atoms with E-state index in [1.807, 2.05) is 12.1 Å². The number of carbonyl (C=O) groups is 2. The maximum absolute atomic E-state index is 12.9. The zero-order chi connectivity index (χ0) is 19.8. The molecule has 1 N–H and O–H groups in total. The zero-order valence-electron chi connectivity index (χ0n) is 14.8. The number of aromatic nitrogens is 1. The molecule has 1 aliphatic heterocycles. The van der Waals surface area contributed by atoms with Crippen LogP contribution >= 0.6 is 15.9 Å². The van der Waals surface area contributed by atoms with Crippen LogP contribution in [0.25, 0.3) is 5.76 Å². The van der Waals surface area contributed by atoms with Crippen molar-refractivity contribution in [2.75, 3.05) is 4.90 Å². The third-order valence-electron chi connectivity index (χ3n) is 4.54. The van der Waals surface area contributed by atoms with Gasteiger partial charge in [-0.15, -0.1) is 0 Å². The third kappa shape index (κ3) is 3.03. The van der Waals surface area contributed by atoms with E-state index in [2.05, 4.69) is 21.1 Å². The van der Waals surface area contributed by atoms with Crippen molar-refractivity contribution in [1.82, 2.24) is 5.16 Å². The molecule has 0 radical (unpaired) electrons. The van der Waals surface area contributed by atoms with Gasteiger partial charge in [-0.25, -0.2) is 0 Å². The number of benzene rings is 2. The highest BCUT2D eigenvalue weighted by Gasteiger charge is 2.48. The van der Waals surface area contributed by atoms with Crippen LogP contribution in [0.5, 0.6) is 0 Å². The molecule has 1 amide bonds. The van der Waals surface area contributed by atoms with E-state index in [0.717, 1.165) is 4.47 Å². The molecular formula is C21H15BrN2O4. The highest BCUT2D eigenvalue weighted by molar-refractivity contribution is 9.10. The van der Waals surface area contributed by atoms with Gasteiger partial charge >= 0.3 is 5.91 Å². The van der Waals surface area contributed by atoms with Crippen LogP contribution in [0.15, 0.2) is 75.2 Å². The van der Waals surface area contributed by atoms with Gasteiger partial charge in [-0.2, -0.15) is 0 Å². The number of amides is 1. The van der Waals surface area contributed by atoms with Crippen LogP contribution in [0.4, 0.5) is 5.82 Å². The monoisotopic (exact) mass is 438 g/mol. The van der Waals surface area contributed by atoms with E-state index in [1.54, 1.807) is 55.5 Å². The van der Waals surface area contributed by atoms with Crippen molar-refractivity contribution >= 4 is 39.2 Å². The van der Waals surface area contributed by atoms with E-state index < -0.39 is 17.7 Å². The standard InChI is InChI=1S/C21H15BrN2O4/c1-12-11-16(23-28-12)24-18(13-7-9-15(22)10-8-13)17(20(26)21(24)27)19(25)14-5-3-2-4-6-14/h2-11,18,25H,1H3/b19-17+/t18-/m0/s1. The van der Waals surface area contributed by atoms with E-state index in [4.69, 9.17) is 4.52 Å². The van der Waals surface area contributed by atoms with Crippen molar-refractivity contribution in [3.05, 3.63) is 87.6 Å². The minimum atomic E-state index is -0.821. The summed E-state index contributed by atoms with van der Waals surface area (Å²) >= 11 is 3.39. The van der Waals surface area contributed by atoms with Gasteiger partial charge in [0.05, 0.1) is 11.6 Å². The SMILES string of the molecule is Cc1cc(N2C(=O)C(=O)/C(=C(/O)c3ccccc3)[C@@H]2c2ccc(Br)cc2)no1. The van der Waals surface area contributed by atoms with Crippen molar-refractivity contribution in [2.24, 2.45) is 0 Å². The Bertz CT molecular complexity index is 1090. The Labute approximate surface area is 169 Å². The van der Waals surface area contributed by atoms with Crippen molar-refractivity contribution in [1.29, 1.82) is 0 Å². The summed E-state index contributed by atoms with van der Waals surface area (Å²) in [7, 11) is 0. The average Bonchev–Trinajstić information content (AvgIpc) is 3.24. The smallest absolute Gasteiger partial charge is 0.301 e. The summed E-state index contributed by atoms with van der Waals surface area (Å²) in [5.41, 5.74) is 1.14. The summed E-state index contributed by atoms with van der Waals surface area (Å²) in [4.78, 5) is 27.0. The fourth-order valence-corrected chi connectivity index (χ4v) is 3.51. The lowest BCUT2D eigenvalue weighted by atomic mass is 9.95. The second kappa shape index (κ2) is 7.09. The minimum absolute atomic E-state index is 0.0131. The fourth-order valence-electron chi connectivity index (χ4n) is 3.25. The summed E-state index contributed by atoms with van der Waals surface area (Å²) in [6, 6.07) is 16.6. The Hall–Kier alpha value is -3.19. The number of rotatable bonds is 3. The molecule has 0 unspecified atom stereocenters. The lowest BCUT2D eigenvalue weighted by Crippen LogP contribution is -2.29. The first-order valence-electron chi connectivity index (χ1n) is 8.52. The molecule has 6 nitrogen and oxygen atoms in total. The molecule has 0 spiro atoms. The van der Waals surface area contributed by atoms with Gasteiger partial charge in [0.2, 0.25) is 0 Å². The van der Waals surface area contributed by atoms with Gasteiger partial charge < -0.3 is 9.63 Å². The normalized spacial score (nSPS) is 18.6. The number of aliphatic hydroxyl groups excluding tert-OH is 1. The topological polar surface area (TPSA) is 83.6 Å². The predicted octanol–water partition coefficient (Wildman–Crippen LogP) is 4.37. The molecule has 140 valence electrons. The van der Waals surface area contributed by atoms with Crippen LogP contribution < -0.4 is 4.90 Å². The van der Waals surface area contributed by atoms with Crippen LogP contribution in [0.1, 0.15) is 22.9 Å². The van der Waals surface area contributed by atoms with Gasteiger partial charge in [0.15, 0.2) is 5.82 Å². The summed E-state index contributed by atoms with van der Waals surface area (Å²) in [6.45, 7) is 1.70. The average molecular weight is 439 g/mol. The molecule has 1 fully saturated rings. The first kappa shape index (κ1) is 18.2. The van der Waals surface area contributed by atoms with Gasteiger partial charge in [0, 0.05) is 16.1 Å². The molecule has 1 aliphatic rings. The molecule has 0 saturated carbocycles. The van der Waals surface area contributed by atoms with Crippen molar-refractivity contribution < 1.29 is 19.2 Å². The number of hydrogen-bond donors (Lipinski definition) is 1. The molecule has 1 saturated heterocycles. The highest BCUT2D eigenvalue weighted by Crippen LogP contribution is 2.42. The molecule has 4 rings (SSSR count). The third-order valence-corrected chi connectivity index (χ3v) is 5.07. The number of hydrogen-bond acceptors (Lipinski definition) is 5. The second-order valence-corrected chi connectivity index (χ2v) is 7.30. The number of nitrogens with zero attached hydrogens (tertiary/aromatic N) is 2. The molecule has 28 heavy (non-hydrogen) atoms. The van der Waals surface area contributed by atoms with Crippen LogP contribution in [-0.2, 0) is 9.59 Å². The van der Waals surface area contributed by atoms with E-state index in [-0.39, 0.29) is 17.2 Å². The molecule has 0 aliphatic carbocycles. The van der Waals surface area contributed by atoms with Crippen molar-refractivity contribution in [3.8, 4) is 0 Å². The fraction of sp³-hybridized carbons (Fsp3) is 0.0952. The Balaban J connectivity index is 1.94. The predicted molar refractivity (Wildman–Crippen MR) is 107 cm³/mol. The number of halogens is 1. The minimum Gasteiger partial charge on any atom is -0.507 e. The first-order chi connectivity index (χ1) is 13.5. The maximum atomic E-state index is 12.9. The van der Waals surface area contributed by atoms with Gasteiger partial charge in [0.25, 0.3) is 5.78 Å². The van der Waals surface area contributed by atoms with E-state index in [0.29, 0.717) is 16.9 Å². The van der Waals surface area contributed by atoms with E-state index in [9.17, 15) is 14.7 Å². The molecule has 2 heterocycles. The summed E-state index contributed by atoms with van der Waals surface area (Å²) in [5.74, 6) is -1.03. The number of carbonyl (C=O) groups excluding carboxylic acids is 2. The number of Topliss-reactive ketones (excluding diaryl/α,β-unsaturated/α-hetero) is 1. The van der Waals surface area contributed by atoms with Gasteiger partial charge in [-0.05, 0) is 24.6 Å². The van der Waals surface area contributed by atoms with Gasteiger partial charge in [-0.1, -0.05) is 63.6 Å². The first-order valence-corrected chi connectivity index (χ1v) is 9.32. The largest absolute Gasteiger partial charge is 0.507 e. The van der Waals surface area contributed by atoms with E-state index in [1.165, 1.54) is 4.90 Å². The van der Waals surface area contributed by atoms with Crippen LogP contribution in [-0.4, -0.2) is 22.0 Å². The number of ketones is 1. The quantitative estimate of drug-likeness (QED) is 0.372. The van der Waals surface area contributed by atoms with Crippen LogP contribution in [0, 0.1) is 6.92 Å². The summed E-state index contributed by atoms with van der Waals surface area (Å²) in [5, 5.41) is 14.8. The number of aryl methyl sites for hydroxylation is 1. The van der Waals surface area contributed by atoms with E-state index >= 15 is 0 Å². The molecule has 0 bridgehead atoms. The lowest BCUT2D eigenvalue weighted by molar-refractivity contribution is -0.132. The van der Waals surface area contributed by atoms with Crippen LogP contribution in [0.3, 0.4) is 0 Å². The molecule has 1 aromatic heterocycles. The number of aliphatic hydroxyl groups is 1. The Morgan fingerprint density at radius 3 is 2.39 bits per heavy atom. The summed E-state index contributed by atoms with van der Waals surface area (Å²) in [6.07, 6.45) is 0. The second-order valence-electron chi connectivity index (χ2n) is 6.38. The Morgan fingerprint density at radius 1 is 1.11 bits per heavy atom. The lowest BCUT2D eigenvalue weighted by Gasteiger charge is -2.22. The molecule has 3 aromatic rings. The van der Waals surface area contributed by atoms with Crippen molar-refractivity contribution in [3.63, 3.8) is 0 Å².